The second-order valence-corrected chi connectivity index (χ2v) is 11.7. The van der Waals surface area contributed by atoms with Gasteiger partial charge in [0.05, 0.1) is 11.9 Å². The molecule has 3 N–H and O–H groups in total. The first kappa shape index (κ1) is 27.7. The number of nitrogens with zero attached hydrogens (tertiary/aromatic N) is 4. The zero-order valence-corrected chi connectivity index (χ0v) is 24.2. The number of pyridine rings is 1. The summed E-state index contributed by atoms with van der Waals surface area (Å²) in [4.78, 5) is 18.2. The van der Waals surface area contributed by atoms with E-state index in [-0.39, 0.29) is 13.0 Å². The van der Waals surface area contributed by atoms with Gasteiger partial charge in [0.2, 0.25) is 0 Å². The summed E-state index contributed by atoms with van der Waals surface area (Å²) in [5, 5.41) is 17.4. The van der Waals surface area contributed by atoms with Gasteiger partial charge in [-0.15, -0.1) is 0 Å². The third kappa shape index (κ3) is 5.81. The van der Waals surface area contributed by atoms with E-state index in [1.807, 2.05) is 36.4 Å². The molecule has 1 fully saturated rings. The Balaban J connectivity index is 1.33. The van der Waals surface area contributed by atoms with Gasteiger partial charge in [-0.05, 0) is 59.7 Å². The molecule has 0 spiro atoms. The molecule has 3 heterocycles. The number of likely N-dealkylation sites (tertiary alicyclic amines) is 1. The molecule has 0 amide bonds. The fourth-order valence-corrected chi connectivity index (χ4v) is 5.90. The molecule has 6 rings (SSSR count). The number of para-hydroxylation sites is 1. The molecule has 8 heteroatoms. The summed E-state index contributed by atoms with van der Waals surface area (Å²) < 4.78 is 8.34. The molecule has 0 bridgehead atoms. The summed E-state index contributed by atoms with van der Waals surface area (Å²) >= 11 is 0. The van der Waals surface area contributed by atoms with Gasteiger partial charge >= 0.3 is 5.97 Å². The minimum atomic E-state index is -0.890. The predicted octanol–water partition coefficient (Wildman–Crippen LogP) is 6.02. The lowest BCUT2D eigenvalue weighted by atomic mass is 9.97. The quantitative estimate of drug-likeness (QED) is 0.202. The predicted molar refractivity (Wildman–Crippen MR) is 166 cm³/mol. The summed E-state index contributed by atoms with van der Waals surface area (Å²) in [6.45, 7) is 8.96. The highest BCUT2D eigenvalue weighted by Gasteiger charge is 2.28. The lowest BCUT2D eigenvalue weighted by Crippen LogP contribution is -2.48. The minimum absolute atomic E-state index is 0.0937. The maximum Gasteiger partial charge on any atom is 0.307 e. The molecule has 1 aliphatic heterocycles. The molecule has 0 atom stereocenters. The van der Waals surface area contributed by atoms with Crippen molar-refractivity contribution in [2.24, 2.45) is 11.8 Å². The number of anilines is 1. The van der Waals surface area contributed by atoms with Crippen molar-refractivity contribution in [3.05, 3.63) is 84.2 Å². The van der Waals surface area contributed by atoms with Gasteiger partial charge in [-0.1, -0.05) is 56.3 Å². The number of carboxylic acids is 1. The standard InChI is InChI=1S/C34H37N5O3/c1-22(2)13-15-38-18-23(19-38)20-39-31-11-10-24(26-7-5-8-28-27(26)12-14-36-34(28)35)16-29(31)30(37-39)21-42-32-9-4-3-6-25(32)17-33(40)41/h3-12,14,16,22-23H,13,15,17-21H2,1-2H3,(H2,35,36)(H,40,41). The molecule has 0 radical (unpaired) electrons. The number of ether oxygens (including phenoxy) is 1. The zero-order chi connectivity index (χ0) is 29.2. The molecule has 0 unspecified atom stereocenters. The lowest BCUT2D eigenvalue weighted by molar-refractivity contribution is -0.136. The van der Waals surface area contributed by atoms with Crippen molar-refractivity contribution in [2.75, 3.05) is 25.4 Å². The number of carboxylic acid groups (broad SMARTS) is 1. The highest BCUT2D eigenvalue weighted by Crippen LogP contribution is 2.34. The van der Waals surface area contributed by atoms with Gasteiger partial charge in [-0.25, -0.2) is 4.98 Å². The van der Waals surface area contributed by atoms with Gasteiger partial charge in [0, 0.05) is 48.1 Å². The molecule has 42 heavy (non-hydrogen) atoms. The normalized spacial score (nSPS) is 14.1. The largest absolute Gasteiger partial charge is 0.487 e. The molecule has 8 nitrogen and oxygen atoms in total. The van der Waals surface area contributed by atoms with Crippen molar-refractivity contribution in [3.8, 4) is 16.9 Å². The molecular formula is C34H37N5O3. The Labute approximate surface area is 245 Å². The van der Waals surface area contributed by atoms with E-state index in [4.69, 9.17) is 15.6 Å². The number of aliphatic carboxylic acids is 1. The third-order valence-corrected chi connectivity index (χ3v) is 8.14. The van der Waals surface area contributed by atoms with Crippen LogP contribution in [0.25, 0.3) is 32.8 Å². The number of aromatic nitrogens is 3. The molecule has 0 aliphatic carbocycles. The van der Waals surface area contributed by atoms with E-state index in [0.717, 1.165) is 64.7 Å². The van der Waals surface area contributed by atoms with E-state index in [0.29, 0.717) is 29.0 Å². The maximum absolute atomic E-state index is 11.4. The molecule has 216 valence electrons. The highest BCUT2D eigenvalue weighted by molar-refractivity contribution is 6.02. The van der Waals surface area contributed by atoms with E-state index in [1.54, 1.807) is 12.3 Å². The summed E-state index contributed by atoms with van der Waals surface area (Å²) in [5.74, 6) is 1.46. The Bertz CT molecular complexity index is 1740. The fourth-order valence-electron chi connectivity index (χ4n) is 5.90. The van der Waals surface area contributed by atoms with E-state index in [2.05, 4.69) is 52.7 Å². The number of benzene rings is 3. The Hall–Kier alpha value is -4.43. The summed E-state index contributed by atoms with van der Waals surface area (Å²) in [6.07, 6.45) is 2.87. The second kappa shape index (κ2) is 11.8. The summed E-state index contributed by atoms with van der Waals surface area (Å²) in [6, 6.07) is 21.9. The number of hydrogen-bond donors (Lipinski definition) is 2. The smallest absolute Gasteiger partial charge is 0.307 e. The van der Waals surface area contributed by atoms with Gasteiger partial charge < -0.3 is 20.5 Å². The fraction of sp³-hybridized carbons (Fsp3) is 0.324. The topological polar surface area (TPSA) is 106 Å². The van der Waals surface area contributed by atoms with Gasteiger partial charge in [-0.3, -0.25) is 9.48 Å². The van der Waals surface area contributed by atoms with Crippen LogP contribution in [0.2, 0.25) is 0 Å². The van der Waals surface area contributed by atoms with Crippen molar-refractivity contribution in [1.82, 2.24) is 19.7 Å². The van der Waals surface area contributed by atoms with Crippen LogP contribution in [-0.4, -0.2) is 50.4 Å². The molecule has 5 aromatic rings. The van der Waals surface area contributed by atoms with Crippen LogP contribution in [0.3, 0.4) is 0 Å². The Kier molecular flexibility index (Phi) is 7.80. The molecular weight excluding hydrogens is 526 g/mol. The van der Waals surface area contributed by atoms with Crippen LogP contribution in [0.4, 0.5) is 5.82 Å². The average Bonchev–Trinajstić information content (AvgIpc) is 3.29. The van der Waals surface area contributed by atoms with E-state index < -0.39 is 5.97 Å². The van der Waals surface area contributed by atoms with Crippen LogP contribution in [-0.2, 0) is 24.4 Å². The van der Waals surface area contributed by atoms with Crippen molar-refractivity contribution >= 4 is 33.5 Å². The number of nitrogens with two attached hydrogens (primary N) is 1. The van der Waals surface area contributed by atoms with Crippen molar-refractivity contribution in [2.45, 2.75) is 39.8 Å². The van der Waals surface area contributed by atoms with Crippen molar-refractivity contribution in [3.63, 3.8) is 0 Å². The number of fused-ring (bicyclic) bond motifs is 2. The Morgan fingerprint density at radius 2 is 1.88 bits per heavy atom. The maximum atomic E-state index is 11.4. The Morgan fingerprint density at radius 3 is 2.69 bits per heavy atom. The lowest BCUT2D eigenvalue weighted by Gasteiger charge is -2.39. The van der Waals surface area contributed by atoms with Crippen molar-refractivity contribution < 1.29 is 14.6 Å². The Morgan fingerprint density at radius 1 is 1.05 bits per heavy atom. The average molecular weight is 564 g/mol. The van der Waals surface area contributed by atoms with Gasteiger partial charge in [0.15, 0.2) is 0 Å². The van der Waals surface area contributed by atoms with E-state index >= 15 is 0 Å². The van der Waals surface area contributed by atoms with E-state index in [1.165, 1.54) is 6.42 Å². The van der Waals surface area contributed by atoms with Crippen LogP contribution in [0, 0.1) is 11.8 Å². The number of rotatable bonds is 11. The van der Waals surface area contributed by atoms with Gasteiger partial charge in [0.1, 0.15) is 23.9 Å². The monoisotopic (exact) mass is 563 g/mol. The first-order valence-electron chi connectivity index (χ1n) is 14.6. The molecule has 2 aromatic heterocycles. The van der Waals surface area contributed by atoms with Gasteiger partial charge in [-0.2, -0.15) is 5.10 Å². The second-order valence-electron chi connectivity index (χ2n) is 11.7. The van der Waals surface area contributed by atoms with Crippen LogP contribution >= 0.6 is 0 Å². The summed E-state index contributed by atoms with van der Waals surface area (Å²) in [5.41, 5.74) is 10.9. The molecule has 0 saturated carbocycles. The van der Waals surface area contributed by atoms with Crippen LogP contribution in [0.5, 0.6) is 5.75 Å². The first-order valence-corrected chi connectivity index (χ1v) is 14.6. The third-order valence-electron chi connectivity index (χ3n) is 8.14. The van der Waals surface area contributed by atoms with Crippen LogP contribution in [0.1, 0.15) is 31.5 Å². The SMILES string of the molecule is CC(C)CCN1CC(Cn2nc(COc3ccccc3CC(=O)O)c3cc(-c4cccc5c(N)nccc45)ccc32)C1. The van der Waals surface area contributed by atoms with Crippen molar-refractivity contribution in [1.29, 1.82) is 0 Å². The van der Waals surface area contributed by atoms with Gasteiger partial charge in [0.25, 0.3) is 0 Å². The first-order chi connectivity index (χ1) is 20.4. The zero-order valence-electron chi connectivity index (χ0n) is 24.2. The number of nitrogen functional groups attached to an aromatic ring is 1. The molecule has 1 saturated heterocycles. The minimum Gasteiger partial charge on any atom is -0.487 e. The van der Waals surface area contributed by atoms with Crippen LogP contribution < -0.4 is 10.5 Å². The number of hydrogen-bond acceptors (Lipinski definition) is 6. The molecule has 1 aliphatic rings. The summed E-state index contributed by atoms with van der Waals surface area (Å²) in [7, 11) is 0. The van der Waals surface area contributed by atoms with E-state index in [9.17, 15) is 9.90 Å². The highest BCUT2D eigenvalue weighted by atomic mass is 16.5. The van der Waals surface area contributed by atoms with Crippen LogP contribution in [0.15, 0.2) is 72.9 Å². The number of carbonyl (C=O) groups is 1. The molecule has 3 aromatic carbocycles.